The lowest BCUT2D eigenvalue weighted by Gasteiger charge is -2.32. The molecule has 3 N–H and O–H groups in total. The average molecular weight is 327 g/mol. The molecule has 1 aliphatic rings. The Labute approximate surface area is 123 Å². The molecule has 108 valence electrons. The van der Waals surface area contributed by atoms with E-state index in [9.17, 15) is 8.42 Å². The topological polar surface area (TPSA) is 88.3 Å². The summed E-state index contributed by atoms with van der Waals surface area (Å²) in [7, 11) is -3.64. The first-order valence-corrected chi connectivity index (χ1v) is 7.38. The third-order valence-electron chi connectivity index (χ3n) is 2.88. The van der Waals surface area contributed by atoms with Crippen LogP contribution < -0.4 is 11.1 Å². The second-order valence-electron chi connectivity index (χ2n) is 4.21. The van der Waals surface area contributed by atoms with Crippen molar-refractivity contribution in [3.63, 3.8) is 0 Å². The first kappa shape index (κ1) is 16.5. The van der Waals surface area contributed by atoms with Crippen LogP contribution in [-0.2, 0) is 10.0 Å². The van der Waals surface area contributed by atoms with Crippen molar-refractivity contribution in [1.29, 1.82) is 0 Å². The van der Waals surface area contributed by atoms with Gasteiger partial charge in [0, 0.05) is 31.9 Å². The molecule has 0 radical (unpaired) electrons. The Bertz CT molecular complexity index is 552. The lowest BCUT2D eigenvalue weighted by molar-refractivity contribution is 0.284. The Morgan fingerprint density at radius 2 is 2.26 bits per heavy atom. The van der Waals surface area contributed by atoms with Crippen molar-refractivity contribution in [1.82, 2.24) is 14.6 Å². The summed E-state index contributed by atoms with van der Waals surface area (Å²) in [6, 6.07) is 1.22. The van der Waals surface area contributed by atoms with E-state index in [1.165, 1.54) is 16.6 Å². The minimum absolute atomic E-state index is 0. The molecule has 6 nitrogen and oxygen atoms in total. The van der Waals surface area contributed by atoms with Crippen molar-refractivity contribution in [2.45, 2.75) is 17.9 Å². The Morgan fingerprint density at radius 1 is 1.58 bits per heavy atom. The molecule has 1 unspecified atom stereocenters. The smallest absolute Gasteiger partial charge is 0.247 e. The van der Waals surface area contributed by atoms with Gasteiger partial charge in [-0.1, -0.05) is 11.6 Å². The molecule has 0 amide bonds. The summed E-state index contributed by atoms with van der Waals surface area (Å²) in [5.41, 5.74) is 5.64. The van der Waals surface area contributed by atoms with Gasteiger partial charge in [-0.25, -0.2) is 13.4 Å². The number of nitrogens with two attached hydrogens (primary N) is 1. The molecular weight excluding hydrogens is 311 g/mol. The molecule has 2 rings (SSSR count). The molecule has 0 saturated carbocycles. The van der Waals surface area contributed by atoms with E-state index in [1.807, 2.05) is 6.92 Å². The van der Waals surface area contributed by atoms with Crippen molar-refractivity contribution in [2.75, 3.05) is 25.4 Å². The average Bonchev–Trinajstić information content (AvgIpc) is 2.32. The Balaban J connectivity index is 0.00000180. The maximum Gasteiger partial charge on any atom is 0.247 e. The second-order valence-corrected chi connectivity index (χ2v) is 6.50. The predicted octanol–water partition coefficient (Wildman–Crippen LogP) is 0.721. The number of anilines is 1. The van der Waals surface area contributed by atoms with Crippen LogP contribution in [0.3, 0.4) is 0 Å². The maximum absolute atomic E-state index is 12.5. The summed E-state index contributed by atoms with van der Waals surface area (Å²) in [4.78, 5) is 3.76. The van der Waals surface area contributed by atoms with E-state index in [1.54, 1.807) is 0 Å². The van der Waals surface area contributed by atoms with Gasteiger partial charge in [0.2, 0.25) is 10.0 Å². The first-order chi connectivity index (χ1) is 8.43. The molecular formula is C10H16Cl2N4O2S. The van der Waals surface area contributed by atoms with E-state index in [0.29, 0.717) is 19.6 Å². The number of rotatable bonds is 2. The quantitative estimate of drug-likeness (QED) is 0.836. The molecule has 0 aliphatic carbocycles. The second kappa shape index (κ2) is 6.23. The highest BCUT2D eigenvalue weighted by Crippen LogP contribution is 2.25. The van der Waals surface area contributed by atoms with Crippen molar-refractivity contribution >= 4 is 39.8 Å². The number of nitrogen functional groups attached to an aromatic ring is 1. The summed E-state index contributed by atoms with van der Waals surface area (Å²) < 4.78 is 26.4. The monoisotopic (exact) mass is 326 g/mol. The summed E-state index contributed by atoms with van der Waals surface area (Å²) in [6.45, 7) is 3.50. The van der Waals surface area contributed by atoms with E-state index in [-0.39, 0.29) is 34.2 Å². The van der Waals surface area contributed by atoms with Gasteiger partial charge in [-0.2, -0.15) is 4.31 Å². The van der Waals surface area contributed by atoms with E-state index in [0.717, 1.165) is 0 Å². The summed E-state index contributed by atoms with van der Waals surface area (Å²) in [5.74, 6) is -0.0230. The van der Waals surface area contributed by atoms with Crippen LogP contribution in [0.5, 0.6) is 0 Å². The van der Waals surface area contributed by atoms with E-state index in [2.05, 4.69) is 10.3 Å². The van der Waals surface area contributed by atoms with Gasteiger partial charge in [0.1, 0.15) is 10.7 Å². The Hall–Kier alpha value is -0.600. The highest BCUT2D eigenvalue weighted by atomic mass is 35.5. The zero-order valence-corrected chi connectivity index (χ0v) is 12.7. The fraction of sp³-hybridized carbons (Fsp3) is 0.500. The fourth-order valence-corrected chi connectivity index (χ4v) is 3.89. The van der Waals surface area contributed by atoms with E-state index < -0.39 is 10.0 Å². The molecule has 9 heteroatoms. The van der Waals surface area contributed by atoms with Gasteiger partial charge in [0.05, 0.1) is 5.02 Å². The normalized spacial score (nSPS) is 20.8. The number of pyridine rings is 1. The van der Waals surface area contributed by atoms with Gasteiger partial charge in [0.15, 0.2) is 0 Å². The summed E-state index contributed by atoms with van der Waals surface area (Å²) in [6.07, 6.45) is 1.33. The zero-order chi connectivity index (χ0) is 13.3. The van der Waals surface area contributed by atoms with E-state index >= 15 is 0 Å². The van der Waals surface area contributed by atoms with Crippen LogP contribution in [0.15, 0.2) is 17.2 Å². The van der Waals surface area contributed by atoms with Gasteiger partial charge >= 0.3 is 0 Å². The number of aromatic nitrogens is 1. The molecule has 0 spiro atoms. The van der Waals surface area contributed by atoms with Crippen LogP contribution in [0, 0.1) is 0 Å². The number of piperazine rings is 1. The molecule has 1 aromatic heterocycles. The van der Waals surface area contributed by atoms with Crippen molar-refractivity contribution < 1.29 is 8.42 Å². The van der Waals surface area contributed by atoms with Gasteiger partial charge in [-0.05, 0) is 13.0 Å². The molecule has 1 atom stereocenters. The number of halogens is 2. The van der Waals surface area contributed by atoms with Gasteiger partial charge in [-0.3, -0.25) is 0 Å². The van der Waals surface area contributed by atoms with Gasteiger partial charge < -0.3 is 11.1 Å². The molecule has 1 aromatic rings. The van der Waals surface area contributed by atoms with Crippen LogP contribution in [0.4, 0.5) is 5.82 Å². The highest BCUT2D eigenvalue weighted by Gasteiger charge is 2.32. The lowest BCUT2D eigenvalue weighted by Crippen LogP contribution is -2.52. The number of hydrogen-bond acceptors (Lipinski definition) is 5. The Morgan fingerprint density at radius 3 is 2.89 bits per heavy atom. The largest absolute Gasteiger partial charge is 0.383 e. The van der Waals surface area contributed by atoms with Crippen molar-refractivity contribution in [3.05, 3.63) is 17.3 Å². The number of nitrogens with one attached hydrogen (secondary N) is 1. The van der Waals surface area contributed by atoms with Crippen molar-refractivity contribution in [3.8, 4) is 0 Å². The molecule has 1 fully saturated rings. The third kappa shape index (κ3) is 3.29. The molecule has 1 aliphatic heterocycles. The third-order valence-corrected chi connectivity index (χ3v) is 5.12. The maximum atomic E-state index is 12.5. The minimum Gasteiger partial charge on any atom is -0.383 e. The number of sulfonamides is 1. The van der Waals surface area contributed by atoms with Gasteiger partial charge in [-0.15, -0.1) is 12.4 Å². The number of nitrogens with zero attached hydrogens (tertiary/aromatic N) is 2. The van der Waals surface area contributed by atoms with E-state index in [4.69, 9.17) is 17.3 Å². The molecule has 19 heavy (non-hydrogen) atoms. The van der Waals surface area contributed by atoms with Crippen LogP contribution >= 0.6 is 24.0 Å². The highest BCUT2D eigenvalue weighted by molar-refractivity contribution is 7.89. The van der Waals surface area contributed by atoms with Crippen LogP contribution in [0.2, 0.25) is 5.02 Å². The lowest BCUT2D eigenvalue weighted by atomic mass is 10.3. The number of hydrogen-bond donors (Lipinski definition) is 2. The van der Waals surface area contributed by atoms with Crippen molar-refractivity contribution in [2.24, 2.45) is 0 Å². The molecule has 1 saturated heterocycles. The van der Waals surface area contributed by atoms with Crippen LogP contribution in [-0.4, -0.2) is 43.4 Å². The van der Waals surface area contributed by atoms with Crippen LogP contribution in [0.25, 0.3) is 0 Å². The molecule has 0 aromatic carbocycles. The summed E-state index contributed by atoms with van der Waals surface area (Å²) >= 11 is 5.78. The SMILES string of the molecule is CC1CNCCN1S(=O)(=O)c1cc(Cl)cnc1N.Cl. The Kier molecular flexibility index (Phi) is 5.40. The summed E-state index contributed by atoms with van der Waals surface area (Å²) in [5, 5.41) is 3.39. The fourth-order valence-electron chi connectivity index (χ4n) is 1.94. The van der Waals surface area contributed by atoms with Crippen LogP contribution in [0.1, 0.15) is 6.92 Å². The molecule has 2 heterocycles. The first-order valence-electron chi connectivity index (χ1n) is 5.56. The molecule has 0 bridgehead atoms. The standard InChI is InChI=1S/C10H15ClN4O2S.ClH/c1-7-5-13-2-3-15(7)18(16,17)9-4-8(11)6-14-10(9)12;/h4,6-7,13H,2-3,5H2,1H3,(H2,12,14);1H. The minimum atomic E-state index is -3.64. The predicted molar refractivity (Wildman–Crippen MR) is 77.1 cm³/mol. The zero-order valence-electron chi connectivity index (χ0n) is 10.3. The van der Waals surface area contributed by atoms with Gasteiger partial charge in [0.25, 0.3) is 0 Å².